The number of nitrogens with zero attached hydrogens (tertiary/aromatic N) is 2. The summed E-state index contributed by atoms with van der Waals surface area (Å²) in [5, 5.41) is 0.748. The molecule has 1 unspecified atom stereocenters. The van der Waals surface area contributed by atoms with Crippen molar-refractivity contribution >= 4 is 45.1 Å². The molecule has 25 heavy (non-hydrogen) atoms. The molecule has 0 N–H and O–H groups in total. The van der Waals surface area contributed by atoms with Gasteiger partial charge in [-0.1, -0.05) is 30.7 Å². The fourth-order valence-electron chi connectivity index (χ4n) is 3.91. The van der Waals surface area contributed by atoms with Gasteiger partial charge in [-0.15, -0.1) is 0 Å². The van der Waals surface area contributed by atoms with Crippen LogP contribution in [0.1, 0.15) is 51.2 Å². The highest BCUT2D eigenvalue weighted by Crippen LogP contribution is 2.44. The van der Waals surface area contributed by atoms with E-state index in [4.69, 9.17) is 11.6 Å². The first-order valence-electron chi connectivity index (χ1n) is 8.73. The fraction of sp³-hybridized carbons (Fsp3) is 0.381. The Hall–Kier alpha value is -1.32. The van der Waals surface area contributed by atoms with Crippen molar-refractivity contribution in [2.24, 2.45) is 4.99 Å². The lowest BCUT2D eigenvalue weighted by molar-refractivity contribution is 0.381. The predicted octanol–water partition coefficient (Wildman–Crippen LogP) is 6.97. The zero-order chi connectivity index (χ0) is 18.2. The number of fused-ring (bicyclic) bond motifs is 1. The first-order chi connectivity index (χ1) is 11.8. The topological polar surface area (TPSA) is 15.6 Å². The van der Waals surface area contributed by atoms with E-state index in [1.807, 2.05) is 30.5 Å². The molecule has 2 aromatic carbocycles. The van der Waals surface area contributed by atoms with Crippen LogP contribution in [0.15, 0.2) is 45.9 Å². The summed E-state index contributed by atoms with van der Waals surface area (Å²) in [5.41, 5.74) is 4.64. The normalized spacial score (nSPS) is 19.3. The Balaban J connectivity index is 2.02. The molecule has 1 aliphatic heterocycles. The molecule has 0 amide bonds. The second-order valence-corrected chi connectivity index (χ2v) is 8.57. The molecule has 0 bridgehead atoms. The molecule has 132 valence electrons. The van der Waals surface area contributed by atoms with Crippen LogP contribution in [-0.4, -0.2) is 18.3 Å². The number of benzene rings is 2. The van der Waals surface area contributed by atoms with Crippen molar-refractivity contribution < 1.29 is 0 Å². The number of rotatable bonds is 3. The molecule has 1 atom stereocenters. The van der Waals surface area contributed by atoms with Gasteiger partial charge in [0.05, 0.1) is 10.7 Å². The van der Waals surface area contributed by atoms with Crippen LogP contribution in [0.5, 0.6) is 0 Å². The number of para-hydroxylation sites is 1. The molecule has 0 saturated carbocycles. The molecular weight excluding hydrogens is 396 g/mol. The van der Waals surface area contributed by atoms with Crippen molar-refractivity contribution in [3.63, 3.8) is 0 Å². The van der Waals surface area contributed by atoms with E-state index >= 15 is 0 Å². The van der Waals surface area contributed by atoms with Crippen molar-refractivity contribution in [2.45, 2.75) is 45.6 Å². The van der Waals surface area contributed by atoms with Crippen LogP contribution in [-0.2, 0) is 0 Å². The van der Waals surface area contributed by atoms with E-state index in [1.54, 1.807) is 0 Å². The highest BCUT2D eigenvalue weighted by Gasteiger charge is 2.35. The lowest BCUT2D eigenvalue weighted by atomic mass is 9.79. The van der Waals surface area contributed by atoms with Crippen LogP contribution in [0.2, 0.25) is 5.02 Å². The SMILES string of the molecule is CCN1c2cc(Cl)c(C=Nc3ccccc3Br)cc2C(C)CC1(C)C. The third-order valence-electron chi connectivity index (χ3n) is 5.02. The zero-order valence-corrected chi connectivity index (χ0v) is 17.5. The van der Waals surface area contributed by atoms with Crippen molar-refractivity contribution in [2.75, 3.05) is 11.4 Å². The molecule has 0 aromatic heterocycles. The standard InChI is InChI=1S/C21H24BrClN2/c1-5-25-20-11-18(23)15(10-16(20)14(2)12-21(25,3)4)13-24-19-9-7-6-8-17(19)22/h6-11,13-14H,5,12H2,1-4H3. The summed E-state index contributed by atoms with van der Waals surface area (Å²) >= 11 is 10.1. The van der Waals surface area contributed by atoms with E-state index in [0.29, 0.717) is 5.92 Å². The van der Waals surface area contributed by atoms with E-state index < -0.39 is 0 Å². The van der Waals surface area contributed by atoms with Crippen LogP contribution >= 0.6 is 27.5 Å². The molecule has 0 aliphatic carbocycles. The van der Waals surface area contributed by atoms with Crippen molar-refractivity contribution in [3.05, 3.63) is 57.0 Å². The third-order valence-corrected chi connectivity index (χ3v) is 6.01. The summed E-state index contributed by atoms with van der Waals surface area (Å²) in [6.07, 6.45) is 3.00. The van der Waals surface area contributed by atoms with Gasteiger partial charge in [-0.3, -0.25) is 4.99 Å². The number of anilines is 1. The average Bonchev–Trinajstić information content (AvgIpc) is 2.54. The average molecular weight is 420 g/mol. The van der Waals surface area contributed by atoms with Gasteiger partial charge >= 0.3 is 0 Å². The highest BCUT2D eigenvalue weighted by atomic mass is 79.9. The van der Waals surface area contributed by atoms with Gasteiger partial charge in [-0.2, -0.15) is 0 Å². The smallest absolute Gasteiger partial charge is 0.0771 e. The predicted molar refractivity (Wildman–Crippen MR) is 113 cm³/mol. The Labute approximate surface area is 164 Å². The number of aliphatic imine (C=N–C) groups is 1. The van der Waals surface area contributed by atoms with Gasteiger partial charge in [-0.25, -0.2) is 0 Å². The quantitative estimate of drug-likeness (QED) is 0.491. The molecule has 1 aliphatic rings. The molecule has 3 rings (SSSR count). The van der Waals surface area contributed by atoms with Crippen LogP contribution in [0.3, 0.4) is 0 Å². The maximum atomic E-state index is 6.60. The number of hydrogen-bond donors (Lipinski definition) is 0. The van der Waals surface area contributed by atoms with Crippen LogP contribution < -0.4 is 4.90 Å². The first kappa shape index (κ1) is 18.5. The highest BCUT2D eigenvalue weighted by molar-refractivity contribution is 9.10. The first-order valence-corrected chi connectivity index (χ1v) is 9.90. The zero-order valence-electron chi connectivity index (χ0n) is 15.2. The van der Waals surface area contributed by atoms with Gasteiger partial charge in [0.2, 0.25) is 0 Å². The van der Waals surface area contributed by atoms with Gasteiger partial charge in [-0.05, 0) is 78.9 Å². The Kier molecular flexibility index (Phi) is 5.26. The van der Waals surface area contributed by atoms with Crippen LogP contribution in [0.4, 0.5) is 11.4 Å². The van der Waals surface area contributed by atoms with Crippen molar-refractivity contribution in [1.82, 2.24) is 0 Å². The summed E-state index contributed by atoms with van der Waals surface area (Å²) in [6.45, 7) is 10.1. The molecule has 0 radical (unpaired) electrons. The van der Waals surface area contributed by atoms with Gasteiger partial charge in [0.15, 0.2) is 0 Å². The largest absolute Gasteiger partial charge is 0.366 e. The fourth-order valence-corrected chi connectivity index (χ4v) is 4.51. The Morgan fingerprint density at radius 2 is 2.04 bits per heavy atom. The van der Waals surface area contributed by atoms with E-state index in [0.717, 1.165) is 33.7 Å². The monoisotopic (exact) mass is 418 g/mol. The number of halogens is 2. The maximum Gasteiger partial charge on any atom is 0.0771 e. The molecule has 1 heterocycles. The summed E-state index contributed by atoms with van der Waals surface area (Å²) in [6, 6.07) is 12.3. The van der Waals surface area contributed by atoms with E-state index in [-0.39, 0.29) is 5.54 Å². The van der Waals surface area contributed by atoms with Crippen molar-refractivity contribution in [1.29, 1.82) is 0 Å². The minimum atomic E-state index is 0.148. The molecular formula is C21H24BrClN2. The molecule has 0 fully saturated rings. The Morgan fingerprint density at radius 3 is 2.72 bits per heavy atom. The minimum absolute atomic E-state index is 0.148. The Bertz CT molecular complexity index is 814. The lowest BCUT2D eigenvalue weighted by Crippen LogP contribution is -2.48. The lowest BCUT2D eigenvalue weighted by Gasteiger charge is -2.47. The second kappa shape index (κ2) is 7.13. The van der Waals surface area contributed by atoms with Crippen molar-refractivity contribution in [3.8, 4) is 0 Å². The van der Waals surface area contributed by atoms with Crippen LogP contribution in [0.25, 0.3) is 0 Å². The van der Waals surface area contributed by atoms with Crippen LogP contribution in [0, 0.1) is 0 Å². The molecule has 4 heteroatoms. The summed E-state index contributed by atoms with van der Waals surface area (Å²) in [4.78, 5) is 7.07. The molecule has 2 aromatic rings. The minimum Gasteiger partial charge on any atom is -0.366 e. The maximum absolute atomic E-state index is 6.60. The van der Waals surface area contributed by atoms with Gasteiger partial charge in [0.25, 0.3) is 0 Å². The van der Waals surface area contributed by atoms with Gasteiger partial charge in [0.1, 0.15) is 0 Å². The summed E-state index contributed by atoms with van der Waals surface area (Å²) < 4.78 is 0.979. The van der Waals surface area contributed by atoms with E-state index in [2.05, 4.69) is 65.6 Å². The van der Waals surface area contributed by atoms with Gasteiger partial charge in [0, 0.05) is 34.0 Å². The molecule has 2 nitrogen and oxygen atoms in total. The van der Waals surface area contributed by atoms with Gasteiger partial charge < -0.3 is 4.90 Å². The third kappa shape index (κ3) is 3.63. The second-order valence-electron chi connectivity index (χ2n) is 7.30. The van der Waals surface area contributed by atoms with E-state index in [9.17, 15) is 0 Å². The summed E-state index contributed by atoms with van der Waals surface area (Å²) in [7, 11) is 0. The summed E-state index contributed by atoms with van der Waals surface area (Å²) in [5.74, 6) is 0.501. The Morgan fingerprint density at radius 1 is 1.32 bits per heavy atom. The number of hydrogen-bond acceptors (Lipinski definition) is 2. The molecule has 0 spiro atoms. The molecule has 0 saturated heterocycles. The van der Waals surface area contributed by atoms with E-state index in [1.165, 1.54) is 11.3 Å².